The van der Waals surface area contributed by atoms with E-state index in [0.29, 0.717) is 0 Å². The Labute approximate surface area is 91.2 Å². The summed E-state index contributed by atoms with van der Waals surface area (Å²) in [6.07, 6.45) is 2.87. The second kappa shape index (κ2) is 6.40. The van der Waals surface area contributed by atoms with Gasteiger partial charge < -0.3 is 4.74 Å². The van der Waals surface area contributed by atoms with Gasteiger partial charge in [0.2, 0.25) is 0 Å². The van der Waals surface area contributed by atoms with Crippen molar-refractivity contribution in [3.63, 3.8) is 0 Å². The van der Waals surface area contributed by atoms with Gasteiger partial charge in [0.25, 0.3) is 0 Å². The summed E-state index contributed by atoms with van der Waals surface area (Å²) in [6, 6.07) is 3.93. The van der Waals surface area contributed by atoms with Crippen LogP contribution in [0.3, 0.4) is 0 Å². The Morgan fingerprint density at radius 2 is 2.46 bits per heavy atom. The van der Waals surface area contributed by atoms with Crippen LogP contribution >= 0.6 is 27.7 Å². The Morgan fingerprint density at radius 3 is 3.15 bits per heavy atom. The standard InChI is InChI=1S/C9H12BrNOS/c1-12-6-3-7-13-9-8(10)4-2-5-11-9/h2,4-5H,3,6-7H2,1H3. The van der Waals surface area contributed by atoms with Crippen molar-refractivity contribution in [2.24, 2.45) is 0 Å². The number of methoxy groups -OCH3 is 1. The Hall–Kier alpha value is -0.0600. The van der Waals surface area contributed by atoms with E-state index in [2.05, 4.69) is 20.9 Å². The van der Waals surface area contributed by atoms with Crippen molar-refractivity contribution < 1.29 is 4.74 Å². The highest BCUT2D eigenvalue weighted by Crippen LogP contribution is 2.24. The van der Waals surface area contributed by atoms with E-state index in [1.165, 1.54) is 0 Å². The fourth-order valence-corrected chi connectivity index (χ4v) is 2.24. The normalized spacial score (nSPS) is 10.3. The Kier molecular flexibility index (Phi) is 5.43. The largest absolute Gasteiger partial charge is 0.385 e. The fraction of sp³-hybridized carbons (Fsp3) is 0.444. The molecule has 0 bridgehead atoms. The van der Waals surface area contributed by atoms with Gasteiger partial charge in [0.15, 0.2) is 0 Å². The molecular formula is C9H12BrNOS. The highest BCUT2D eigenvalue weighted by Gasteiger charge is 1.99. The SMILES string of the molecule is COCCCSc1ncccc1Br. The molecular weight excluding hydrogens is 250 g/mol. The molecule has 0 N–H and O–H groups in total. The van der Waals surface area contributed by atoms with Crippen molar-refractivity contribution in [1.29, 1.82) is 0 Å². The molecule has 1 aromatic rings. The van der Waals surface area contributed by atoms with Crippen LogP contribution in [0.1, 0.15) is 6.42 Å². The molecule has 1 heterocycles. The van der Waals surface area contributed by atoms with Gasteiger partial charge in [0.1, 0.15) is 5.03 Å². The van der Waals surface area contributed by atoms with Crippen molar-refractivity contribution in [1.82, 2.24) is 4.98 Å². The van der Waals surface area contributed by atoms with Gasteiger partial charge >= 0.3 is 0 Å². The molecule has 0 atom stereocenters. The summed E-state index contributed by atoms with van der Waals surface area (Å²) < 4.78 is 6.03. The first-order chi connectivity index (χ1) is 6.34. The third-order valence-corrected chi connectivity index (χ3v) is 3.45. The molecule has 2 nitrogen and oxygen atoms in total. The summed E-state index contributed by atoms with van der Waals surface area (Å²) in [6.45, 7) is 0.817. The van der Waals surface area contributed by atoms with Crippen LogP contribution in [0.25, 0.3) is 0 Å². The Bertz CT molecular complexity index is 257. The van der Waals surface area contributed by atoms with Gasteiger partial charge in [0.05, 0.1) is 0 Å². The second-order valence-electron chi connectivity index (χ2n) is 2.49. The molecule has 0 saturated carbocycles. The predicted octanol–water partition coefficient (Wildman–Crippen LogP) is 2.97. The Morgan fingerprint density at radius 1 is 1.62 bits per heavy atom. The number of pyridine rings is 1. The van der Waals surface area contributed by atoms with Crippen LogP contribution in [0, 0.1) is 0 Å². The third kappa shape index (κ3) is 4.11. The van der Waals surface area contributed by atoms with Gasteiger partial charge in [-0.2, -0.15) is 0 Å². The van der Waals surface area contributed by atoms with Crippen molar-refractivity contribution in [2.75, 3.05) is 19.5 Å². The van der Waals surface area contributed by atoms with Gasteiger partial charge in [-0.15, -0.1) is 11.8 Å². The molecule has 72 valence electrons. The number of halogens is 1. The van der Waals surface area contributed by atoms with Crippen LogP contribution in [-0.2, 0) is 4.74 Å². The molecule has 0 unspecified atom stereocenters. The van der Waals surface area contributed by atoms with Gasteiger partial charge in [-0.25, -0.2) is 4.98 Å². The van der Waals surface area contributed by atoms with Crippen LogP contribution < -0.4 is 0 Å². The first kappa shape index (κ1) is 11.0. The van der Waals surface area contributed by atoms with E-state index < -0.39 is 0 Å². The first-order valence-electron chi connectivity index (χ1n) is 4.07. The summed E-state index contributed by atoms with van der Waals surface area (Å²) in [7, 11) is 1.72. The molecule has 0 radical (unpaired) electrons. The minimum Gasteiger partial charge on any atom is -0.385 e. The van der Waals surface area contributed by atoms with Gasteiger partial charge in [0, 0.05) is 30.1 Å². The number of nitrogens with zero attached hydrogens (tertiary/aromatic N) is 1. The quantitative estimate of drug-likeness (QED) is 0.601. The van der Waals surface area contributed by atoms with Crippen molar-refractivity contribution in [3.05, 3.63) is 22.8 Å². The molecule has 4 heteroatoms. The van der Waals surface area contributed by atoms with Crippen molar-refractivity contribution in [2.45, 2.75) is 11.4 Å². The zero-order valence-electron chi connectivity index (χ0n) is 7.50. The molecule has 0 saturated heterocycles. The molecule has 13 heavy (non-hydrogen) atoms. The van der Waals surface area contributed by atoms with E-state index in [0.717, 1.165) is 28.3 Å². The molecule has 0 aliphatic rings. The number of ether oxygens (including phenoxy) is 1. The lowest BCUT2D eigenvalue weighted by atomic mass is 10.5. The molecule has 0 aliphatic carbocycles. The number of hydrogen-bond acceptors (Lipinski definition) is 3. The average Bonchev–Trinajstić information content (AvgIpc) is 2.15. The van der Waals surface area contributed by atoms with E-state index in [1.54, 1.807) is 18.9 Å². The zero-order chi connectivity index (χ0) is 9.52. The lowest BCUT2D eigenvalue weighted by Crippen LogP contribution is -1.91. The summed E-state index contributed by atoms with van der Waals surface area (Å²) in [5.41, 5.74) is 0. The number of rotatable bonds is 5. The second-order valence-corrected chi connectivity index (χ2v) is 4.42. The summed E-state index contributed by atoms with van der Waals surface area (Å²) in [4.78, 5) is 4.25. The molecule has 0 fully saturated rings. The van der Waals surface area contributed by atoms with E-state index in [4.69, 9.17) is 4.74 Å². The Balaban J connectivity index is 2.32. The van der Waals surface area contributed by atoms with Crippen LogP contribution in [0.4, 0.5) is 0 Å². The molecule has 0 amide bonds. The molecule has 0 aliphatic heterocycles. The predicted molar refractivity (Wildman–Crippen MR) is 59.2 cm³/mol. The smallest absolute Gasteiger partial charge is 0.110 e. The van der Waals surface area contributed by atoms with E-state index in [9.17, 15) is 0 Å². The maximum absolute atomic E-state index is 4.96. The first-order valence-corrected chi connectivity index (χ1v) is 5.84. The number of hydrogen-bond donors (Lipinski definition) is 0. The van der Waals surface area contributed by atoms with Crippen LogP contribution in [0.2, 0.25) is 0 Å². The van der Waals surface area contributed by atoms with Gasteiger partial charge in [-0.1, -0.05) is 0 Å². The van der Waals surface area contributed by atoms with E-state index in [1.807, 2.05) is 18.3 Å². The molecule has 1 aromatic heterocycles. The van der Waals surface area contributed by atoms with E-state index >= 15 is 0 Å². The number of aromatic nitrogens is 1. The maximum Gasteiger partial charge on any atom is 0.110 e. The molecule has 0 aromatic carbocycles. The van der Waals surface area contributed by atoms with Crippen LogP contribution in [0.15, 0.2) is 27.8 Å². The maximum atomic E-state index is 4.96. The molecule has 1 rings (SSSR count). The minimum atomic E-state index is 0.817. The fourth-order valence-electron chi connectivity index (χ4n) is 0.850. The highest BCUT2D eigenvalue weighted by atomic mass is 79.9. The van der Waals surface area contributed by atoms with Gasteiger partial charge in [-0.3, -0.25) is 0 Å². The summed E-state index contributed by atoms with van der Waals surface area (Å²) in [5.74, 6) is 1.05. The number of thioether (sulfide) groups is 1. The van der Waals surface area contributed by atoms with E-state index in [-0.39, 0.29) is 0 Å². The lowest BCUT2D eigenvalue weighted by Gasteiger charge is -2.01. The summed E-state index contributed by atoms with van der Waals surface area (Å²) >= 11 is 5.20. The topological polar surface area (TPSA) is 22.1 Å². The van der Waals surface area contributed by atoms with Crippen LogP contribution in [0.5, 0.6) is 0 Å². The zero-order valence-corrected chi connectivity index (χ0v) is 9.90. The lowest BCUT2D eigenvalue weighted by molar-refractivity contribution is 0.200. The average molecular weight is 262 g/mol. The van der Waals surface area contributed by atoms with Crippen molar-refractivity contribution in [3.8, 4) is 0 Å². The third-order valence-electron chi connectivity index (χ3n) is 1.46. The van der Waals surface area contributed by atoms with Gasteiger partial charge in [-0.05, 0) is 34.5 Å². The highest BCUT2D eigenvalue weighted by molar-refractivity contribution is 9.10. The molecule has 0 spiro atoms. The minimum absolute atomic E-state index is 0.817. The van der Waals surface area contributed by atoms with Crippen LogP contribution in [-0.4, -0.2) is 24.5 Å². The monoisotopic (exact) mass is 261 g/mol. The van der Waals surface area contributed by atoms with Crippen molar-refractivity contribution >= 4 is 27.7 Å². The summed E-state index contributed by atoms with van der Waals surface area (Å²) in [5, 5.41) is 1.05.